The molecule has 1 unspecified atom stereocenters. The Hall–Kier alpha value is -2.08. The number of hydrogen-bond donors (Lipinski definition) is 1. The molecule has 0 radical (unpaired) electrons. The van der Waals surface area contributed by atoms with E-state index in [1.807, 2.05) is 25.1 Å². The second-order valence-electron chi connectivity index (χ2n) is 4.69. The molecule has 6 nitrogen and oxygen atoms in total. The Kier molecular flexibility index (Phi) is 3.56. The highest BCUT2D eigenvalue weighted by atomic mass is 16.5. The van der Waals surface area contributed by atoms with E-state index >= 15 is 0 Å². The second-order valence-corrected chi connectivity index (χ2v) is 4.69. The van der Waals surface area contributed by atoms with E-state index in [-0.39, 0.29) is 0 Å². The first-order chi connectivity index (χ1) is 9.78. The van der Waals surface area contributed by atoms with E-state index in [2.05, 4.69) is 10.3 Å². The zero-order valence-electron chi connectivity index (χ0n) is 11.3. The molecule has 0 spiro atoms. The SMILES string of the molecule is CCC(O)c1cn(-c2ccc3c(c2)OCCCO3)nn1. The van der Waals surface area contributed by atoms with Crippen LogP contribution in [-0.2, 0) is 0 Å². The lowest BCUT2D eigenvalue weighted by molar-refractivity contribution is 0.169. The Bertz CT molecular complexity index is 597. The highest BCUT2D eigenvalue weighted by Crippen LogP contribution is 2.31. The van der Waals surface area contributed by atoms with Crippen molar-refractivity contribution in [1.29, 1.82) is 0 Å². The summed E-state index contributed by atoms with van der Waals surface area (Å²) in [5.41, 5.74) is 1.40. The van der Waals surface area contributed by atoms with Crippen molar-refractivity contribution in [2.75, 3.05) is 13.2 Å². The van der Waals surface area contributed by atoms with Crippen molar-refractivity contribution in [3.63, 3.8) is 0 Å². The van der Waals surface area contributed by atoms with Gasteiger partial charge in [0, 0.05) is 12.5 Å². The highest BCUT2D eigenvalue weighted by molar-refractivity contribution is 5.48. The molecule has 1 aliphatic rings. The third-order valence-corrected chi connectivity index (χ3v) is 3.23. The van der Waals surface area contributed by atoms with Crippen LogP contribution in [0.15, 0.2) is 24.4 Å². The van der Waals surface area contributed by atoms with Gasteiger partial charge in [0.25, 0.3) is 0 Å². The van der Waals surface area contributed by atoms with E-state index in [1.54, 1.807) is 10.9 Å². The van der Waals surface area contributed by atoms with E-state index in [1.165, 1.54) is 0 Å². The molecule has 0 aliphatic carbocycles. The van der Waals surface area contributed by atoms with E-state index in [4.69, 9.17) is 9.47 Å². The summed E-state index contributed by atoms with van der Waals surface area (Å²) in [6.07, 6.45) is 2.64. The van der Waals surface area contributed by atoms with Gasteiger partial charge in [-0.05, 0) is 18.6 Å². The molecule has 2 heterocycles. The minimum Gasteiger partial charge on any atom is -0.490 e. The summed E-state index contributed by atoms with van der Waals surface area (Å²) in [7, 11) is 0. The minimum absolute atomic E-state index is 0.569. The van der Waals surface area contributed by atoms with Gasteiger partial charge >= 0.3 is 0 Å². The van der Waals surface area contributed by atoms with Crippen molar-refractivity contribution in [2.24, 2.45) is 0 Å². The molecule has 1 atom stereocenters. The van der Waals surface area contributed by atoms with Crippen LogP contribution in [0, 0.1) is 0 Å². The topological polar surface area (TPSA) is 69.4 Å². The minimum atomic E-state index is -0.579. The van der Waals surface area contributed by atoms with Gasteiger partial charge in [-0.3, -0.25) is 0 Å². The van der Waals surface area contributed by atoms with Crippen LogP contribution in [0.2, 0.25) is 0 Å². The van der Waals surface area contributed by atoms with Gasteiger partial charge in [0.05, 0.1) is 31.2 Å². The fraction of sp³-hybridized carbons (Fsp3) is 0.429. The van der Waals surface area contributed by atoms with Crippen molar-refractivity contribution in [3.05, 3.63) is 30.1 Å². The third kappa shape index (κ3) is 2.46. The monoisotopic (exact) mass is 275 g/mol. The van der Waals surface area contributed by atoms with Gasteiger partial charge in [-0.25, -0.2) is 4.68 Å². The zero-order chi connectivity index (χ0) is 13.9. The molecule has 0 saturated carbocycles. The summed E-state index contributed by atoms with van der Waals surface area (Å²) < 4.78 is 12.9. The van der Waals surface area contributed by atoms with Crippen LogP contribution in [0.5, 0.6) is 11.5 Å². The van der Waals surface area contributed by atoms with Gasteiger partial charge in [0.15, 0.2) is 11.5 Å². The van der Waals surface area contributed by atoms with E-state index in [0.717, 1.165) is 17.9 Å². The average molecular weight is 275 g/mol. The Morgan fingerprint density at radius 2 is 2.10 bits per heavy atom. The number of fused-ring (bicyclic) bond motifs is 1. The van der Waals surface area contributed by atoms with E-state index in [0.29, 0.717) is 31.1 Å². The zero-order valence-corrected chi connectivity index (χ0v) is 11.3. The lowest BCUT2D eigenvalue weighted by Gasteiger charge is -2.08. The van der Waals surface area contributed by atoms with Crippen LogP contribution >= 0.6 is 0 Å². The molecule has 20 heavy (non-hydrogen) atoms. The van der Waals surface area contributed by atoms with Crippen LogP contribution in [0.4, 0.5) is 0 Å². The first-order valence-corrected chi connectivity index (χ1v) is 6.78. The predicted octanol–water partition coefficient (Wildman–Crippen LogP) is 1.87. The fourth-order valence-electron chi connectivity index (χ4n) is 2.06. The molecule has 1 aromatic carbocycles. The molecular weight excluding hydrogens is 258 g/mol. The Morgan fingerprint density at radius 3 is 2.90 bits per heavy atom. The molecule has 106 valence electrons. The molecular formula is C14H17N3O3. The molecule has 0 saturated heterocycles. The van der Waals surface area contributed by atoms with Gasteiger partial charge in [-0.1, -0.05) is 12.1 Å². The molecule has 1 aromatic heterocycles. The normalized spacial score (nSPS) is 15.7. The van der Waals surface area contributed by atoms with Gasteiger partial charge < -0.3 is 14.6 Å². The van der Waals surface area contributed by atoms with Gasteiger partial charge in [0.1, 0.15) is 5.69 Å². The third-order valence-electron chi connectivity index (χ3n) is 3.23. The van der Waals surface area contributed by atoms with Crippen molar-refractivity contribution in [3.8, 4) is 17.2 Å². The fourth-order valence-corrected chi connectivity index (χ4v) is 2.06. The Morgan fingerprint density at radius 1 is 1.30 bits per heavy atom. The maximum absolute atomic E-state index is 9.76. The average Bonchev–Trinajstić information content (AvgIpc) is 2.85. The summed E-state index contributed by atoms with van der Waals surface area (Å²) in [5, 5.41) is 17.8. The van der Waals surface area contributed by atoms with Crippen molar-refractivity contribution < 1.29 is 14.6 Å². The van der Waals surface area contributed by atoms with Crippen LogP contribution in [0.1, 0.15) is 31.6 Å². The number of ether oxygens (including phenoxy) is 2. The lowest BCUT2D eigenvalue weighted by Crippen LogP contribution is -1.98. The van der Waals surface area contributed by atoms with Crippen LogP contribution in [-0.4, -0.2) is 33.3 Å². The quantitative estimate of drug-likeness (QED) is 0.926. The van der Waals surface area contributed by atoms with Crippen molar-refractivity contribution in [1.82, 2.24) is 15.0 Å². The van der Waals surface area contributed by atoms with Gasteiger partial charge in [-0.15, -0.1) is 5.10 Å². The van der Waals surface area contributed by atoms with Crippen LogP contribution in [0.25, 0.3) is 5.69 Å². The summed E-state index contributed by atoms with van der Waals surface area (Å²) in [4.78, 5) is 0. The smallest absolute Gasteiger partial charge is 0.163 e. The standard InChI is InChI=1S/C14H17N3O3/c1-2-12(18)11-9-17(16-15-11)10-4-5-13-14(8-10)20-7-3-6-19-13/h4-5,8-9,12,18H,2-3,6-7H2,1H3. The van der Waals surface area contributed by atoms with Crippen molar-refractivity contribution >= 4 is 0 Å². The van der Waals surface area contributed by atoms with Gasteiger partial charge in [0.2, 0.25) is 0 Å². The number of aromatic nitrogens is 3. The largest absolute Gasteiger partial charge is 0.490 e. The highest BCUT2D eigenvalue weighted by Gasteiger charge is 2.14. The first kappa shape index (κ1) is 12.9. The van der Waals surface area contributed by atoms with Crippen molar-refractivity contribution in [2.45, 2.75) is 25.9 Å². The number of benzene rings is 1. The molecule has 6 heteroatoms. The Balaban J connectivity index is 1.90. The molecule has 1 N–H and O–H groups in total. The molecule has 1 aliphatic heterocycles. The molecule has 0 fully saturated rings. The number of aliphatic hydroxyl groups excluding tert-OH is 1. The lowest BCUT2D eigenvalue weighted by atomic mass is 10.2. The maximum Gasteiger partial charge on any atom is 0.163 e. The molecule has 0 amide bonds. The first-order valence-electron chi connectivity index (χ1n) is 6.78. The summed E-state index contributed by atoms with van der Waals surface area (Å²) >= 11 is 0. The predicted molar refractivity (Wildman–Crippen MR) is 72.2 cm³/mol. The maximum atomic E-state index is 9.76. The van der Waals surface area contributed by atoms with Crippen LogP contribution in [0.3, 0.4) is 0 Å². The number of hydrogen-bond acceptors (Lipinski definition) is 5. The number of rotatable bonds is 3. The summed E-state index contributed by atoms with van der Waals surface area (Å²) in [5.74, 6) is 1.47. The number of nitrogens with zero attached hydrogens (tertiary/aromatic N) is 3. The number of aliphatic hydroxyl groups is 1. The molecule has 2 aromatic rings. The second kappa shape index (κ2) is 5.50. The molecule has 0 bridgehead atoms. The summed E-state index contributed by atoms with van der Waals surface area (Å²) in [6.45, 7) is 3.22. The summed E-state index contributed by atoms with van der Waals surface area (Å²) in [6, 6.07) is 5.63. The Labute approximate surface area is 116 Å². The van der Waals surface area contributed by atoms with E-state index in [9.17, 15) is 5.11 Å². The van der Waals surface area contributed by atoms with Gasteiger partial charge in [-0.2, -0.15) is 0 Å². The van der Waals surface area contributed by atoms with Crippen LogP contribution < -0.4 is 9.47 Å². The van der Waals surface area contributed by atoms with E-state index < -0.39 is 6.10 Å². The molecule has 3 rings (SSSR count).